The van der Waals surface area contributed by atoms with Crippen LogP contribution in [0.2, 0.25) is 5.02 Å². The van der Waals surface area contributed by atoms with E-state index in [1.54, 1.807) is 36.4 Å². The maximum absolute atomic E-state index is 12.1. The third kappa shape index (κ3) is 2.51. The largest absolute Gasteiger partial charge is 0.449 e. The van der Waals surface area contributed by atoms with Crippen molar-refractivity contribution < 1.29 is 9.21 Å². The number of halogens is 1. The number of nitrogens with one attached hydrogen (secondary N) is 1. The number of pyridine rings is 1. The van der Waals surface area contributed by atoms with Crippen LogP contribution < -0.4 is 5.32 Å². The molecule has 0 bridgehead atoms. The predicted molar refractivity (Wildman–Crippen MR) is 78.2 cm³/mol. The van der Waals surface area contributed by atoms with Crippen LogP contribution in [0.3, 0.4) is 0 Å². The molecule has 100 valence electrons. The van der Waals surface area contributed by atoms with Crippen LogP contribution in [-0.2, 0) is 0 Å². The fourth-order valence-electron chi connectivity index (χ4n) is 1.90. The first-order valence-corrected chi connectivity index (χ1v) is 6.44. The number of carbonyl (C=O) groups excluding carboxylic acids is 1. The summed E-state index contributed by atoms with van der Waals surface area (Å²) in [5.41, 5.74) is 2.75. The van der Waals surface area contributed by atoms with Gasteiger partial charge in [0.1, 0.15) is 5.52 Å². The zero-order chi connectivity index (χ0) is 14.1. The Kier molecular flexibility index (Phi) is 3.16. The Labute approximate surface area is 120 Å². The molecule has 0 aliphatic heterocycles. The Hall–Kier alpha value is -2.33. The van der Waals surface area contributed by atoms with Crippen LogP contribution in [0.1, 0.15) is 16.2 Å². The molecule has 3 aromatic rings. The molecule has 2 aromatic heterocycles. The Morgan fingerprint density at radius 3 is 2.90 bits per heavy atom. The van der Waals surface area contributed by atoms with E-state index in [0.29, 0.717) is 21.8 Å². The molecule has 0 spiro atoms. The topological polar surface area (TPSA) is 55.1 Å². The molecular weight excluding hydrogens is 276 g/mol. The molecule has 2 heterocycles. The molecule has 0 aliphatic rings. The number of nitrogens with zero attached hydrogens (tertiary/aromatic N) is 1. The monoisotopic (exact) mass is 286 g/mol. The molecule has 0 saturated heterocycles. The number of furan rings is 1. The highest BCUT2D eigenvalue weighted by Gasteiger charge is 2.13. The predicted octanol–water partition coefficient (Wildman–Crippen LogP) is 4.04. The average Bonchev–Trinajstić information content (AvgIpc) is 2.81. The number of benzene rings is 1. The second kappa shape index (κ2) is 4.98. The average molecular weight is 287 g/mol. The lowest BCUT2D eigenvalue weighted by Gasteiger charge is -2.02. The Morgan fingerprint density at radius 1 is 1.25 bits per heavy atom. The van der Waals surface area contributed by atoms with Gasteiger partial charge in [-0.15, -0.1) is 0 Å². The van der Waals surface area contributed by atoms with Crippen molar-refractivity contribution in [2.75, 3.05) is 5.32 Å². The van der Waals surface area contributed by atoms with Gasteiger partial charge in [-0.2, -0.15) is 0 Å². The van der Waals surface area contributed by atoms with E-state index >= 15 is 0 Å². The lowest BCUT2D eigenvalue weighted by molar-refractivity contribution is 0.0998. The van der Waals surface area contributed by atoms with E-state index in [-0.39, 0.29) is 11.7 Å². The minimum atomic E-state index is -0.331. The maximum atomic E-state index is 12.1. The highest BCUT2D eigenvalue weighted by atomic mass is 35.5. The summed E-state index contributed by atoms with van der Waals surface area (Å²) in [7, 11) is 0. The van der Waals surface area contributed by atoms with Crippen molar-refractivity contribution in [3.05, 3.63) is 58.9 Å². The highest BCUT2D eigenvalue weighted by molar-refractivity contribution is 6.30. The standard InChI is InChI=1S/C15H11ClN2O2/c1-9-5-6-13-12(17-9)8-14(20-13)15(19)18-11-4-2-3-10(16)7-11/h2-8H,1H3,(H,18,19). The molecule has 0 radical (unpaired) electrons. The van der Waals surface area contributed by atoms with Gasteiger partial charge in [-0.25, -0.2) is 4.98 Å². The molecular formula is C15H11ClN2O2. The van der Waals surface area contributed by atoms with E-state index in [0.717, 1.165) is 5.69 Å². The van der Waals surface area contributed by atoms with Crippen LogP contribution in [0.4, 0.5) is 5.69 Å². The van der Waals surface area contributed by atoms with E-state index in [4.69, 9.17) is 16.0 Å². The van der Waals surface area contributed by atoms with Crippen molar-refractivity contribution >= 4 is 34.3 Å². The molecule has 5 heteroatoms. The summed E-state index contributed by atoms with van der Waals surface area (Å²) >= 11 is 5.87. The molecule has 0 unspecified atom stereocenters. The molecule has 0 atom stereocenters. The number of carbonyl (C=O) groups is 1. The molecule has 0 saturated carbocycles. The van der Waals surface area contributed by atoms with Crippen molar-refractivity contribution in [2.24, 2.45) is 0 Å². The normalized spacial score (nSPS) is 10.7. The van der Waals surface area contributed by atoms with Crippen LogP contribution in [0.5, 0.6) is 0 Å². The van der Waals surface area contributed by atoms with Gasteiger partial charge in [0, 0.05) is 22.5 Å². The van der Waals surface area contributed by atoms with Crippen LogP contribution in [0, 0.1) is 6.92 Å². The summed E-state index contributed by atoms with van der Waals surface area (Å²) in [6.07, 6.45) is 0. The number of aryl methyl sites for hydroxylation is 1. The second-order valence-electron chi connectivity index (χ2n) is 4.41. The van der Waals surface area contributed by atoms with E-state index in [1.165, 1.54) is 0 Å². The molecule has 1 aromatic carbocycles. The SMILES string of the molecule is Cc1ccc2oc(C(=O)Nc3cccc(Cl)c3)cc2n1. The maximum Gasteiger partial charge on any atom is 0.291 e. The zero-order valence-corrected chi connectivity index (χ0v) is 11.4. The molecule has 3 rings (SSSR count). The Morgan fingerprint density at radius 2 is 2.10 bits per heavy atom. The Balaban J connectivity index is 1.88. The van der Waals surface area contributed by atoms with Gasteiger partial charge >= 0.3 is 0 Å². The van der Waals surface area contributed by atoms with Gasteiger partial charge in [0.05, 0.1) is 0 Å². The first-order chi connectivity index (χ1) is 9.61. The van der Waals surface area contributed by atoms with Gasteiger partial charge in [0.15, 0.2) is 11.3 Å². The summed E-state index contributed by atoms with van der Waals surface area (Å²) in [6, 6.07) is 12.2. The van der Waals surface area contributed by atoms with E-state index in [2.05, 4.69) is 10.3 Å². The minimum Gasteiger partial charge on any atom is -0.449 e. The van der Waals surface area contributed by atoms with E-state index in [9.17, 15) is 4.79 Å². The summed E-state index contributed by atoms with van der Waals surface area (Å²) in [5, 5.41) is 3.29. The number of fused-ring (bicyclic) bond motifs is 1. The fourth-order valence-corrected chi connectivity index (χ4v) is 2.09. The highest BCUT2D eigenvalue weighted by Crippen LogP contribution is 2.20. The van der Waals surface area contributed by atoms with Crippen molar-refractivity contribution in [3.63, 3.8) is 0 Å². The van der Waals surface area contributed by atoms with Crippen molar-refractivity contribution in [1.82, 2.24) is 4.98 Å². The van der Waals surface area contributed by atoms with Crippen LogP contribution in [0.15, 0.2) is 46.9 Å². The first-order valence-electron chi connectivity index (χ1n) is 6.06. The quantitative estimate of drug-likeness (QED) is 0.773. The van der Waals surface area contributed by atoms with Crippen LogP contribution in [-0.4, -0.2) is 10.9 Å². The smallest absolute Gasteiger partial charge is 0.291 e. The van der Waals surface area contributed by atoms with Crippen molar-refractivity contribution in [2.45, 2.75) is 6.92 Å². The third-order valence-corrected chi connectivity index (χ3v) is 3.05. The molecule has 1 N–H and O–H groups in total. The first kappa shape index (κ1) is 12.7. The van der Waals surface area contributed by atoms with Gasteiger partial charge < -0.3 is 9.73 Å². The van der Waals surface area contributed by atoms with Gasteiger partial charge in [-0.3, -0.25) is 4.79 Å². The number of aromatic nitrogens is 1. The lowest BCUT2D eigenvalue weighted by atomic mass is 10.3. The molecule has 20 heavy (non-hydrogen) atoms. The molecule has 4 nitrogen and oxygen atoms in total. The van der Waals surface area contributed by atoms with E-state index < -0.39 is 0 Å². The summed E-state index contributed by atoms with van der Waals surface area (Å²) in [5.74, 6) is -0.110. The van der Waals surface area contributed by atoms with Gasteiger partial charge in [-0.05, 0) is 37.3 Å². The lowest BCUT2D eigenvalue weighted by Crippen LogP contribution is -2.10. The van der Waals surface area contributed by atoms with Gasteiger partial charge in [-0.1, -0.05) is 17.7 Å². The number of hydrogen-bond donors (Lipinski definition) is 1. The number of amides is 1. The Bertz CT molecular complexity index is 795. The van der Waals surface area contributed by atoms with Crippen LogP contribution >= 0.6 is 11.6 Å². The van der Waals surface area contributed by atoms with Gasteiger partial charge in [0.25, 0.3) is 5.91 Å². The zero-order valence-electron chi connectivity index (χ0n) is 10.7. The van der Waals surface area contributed by atoms with E-state index in [1.807, 2.05) is 13.0 Å². The number of anilines is 1. The van der Waals surface area contributed by atoms with Gasteiger partial charge in [0.2, 0.25) is 0 Å². The molecule has 1 amide bonds. The minimum absolute atomic E-state index is 0.220. The summed E-state index contributed by atoms with van der Waals surface area (Å²) in [6.45, 7) is 1.89. The fraction of sp³-hybridized carbons (Fsp3) is 0.0667. The number of hydrogen-bond acceptors (Lipinski definition) is 3. The van der Waals surface area contributed by atoms with Crippen LogP contribution in [0.25, 0.3) is 11.1 Å². The molecule has 0 aliphatic carbocycles. The summed E-state index contributed by atoms with van der Waals surface area (Å²) in [4.78, 5) is 16.4. The van der Waals surface area contributed by atoms with Crippen molar-refractivity contribution in [3.8, 4) is 0 Å². The summed E-state index contributed by atoms with van der Waals surface area (Å²) < 4.78 is 5.48. The third-order valence-electron chi connectivity index (χ3n) is 2.82. The second-order valence-corrected chi connectivity index (χ2v) is 4.85. The number of rotatable bonds is 2. The molecule has 0 fully saturated rings. The van der Waals surface area contributed by atoms with Crippen molar-refractivity contribution in [1.29, 1.82) is 0 Å².